The van der Waals surface area contributed by atoms with E-state index in [2.05, 4.69) is 0 Å². The van der Waals surface area contributed by atoms with Crippen LogP contribution in [0.1, 0.15) is 5.56 Å². The van der Waals surface area contributed by atoms with Gasteiger partial charge in [0.05, 0.1) is 6.61 Å². The summed E-state index contributed by atoms with van der Waals surface area (Å²) in [6.45, 7) is 2.25. The van der Waals surface area contributed by atoms with Gasteiger partial charge in [0, 0.05) is 37.6 Å². The van der Waals surface area contributed by atoms with Crippen molar-refractivity contribution >= 4 is 23.7 Å². The van der Waals surface area contributed by atoms with Gasteiger partial charge >= 0.3 is 6.03 Å². The predicted octanol–water partition coefficient (Wildman–Crippen LogP) is 1.85. The third kappa shape index (κ3) is 3.58. The van der Waals surface area contributed by atoms with E-state index < -0.39 is 6.23 Å². The zero-order chi connectivity index (χ0) is 19.5. The number of urea groups is 1. The van der Waals surface area contributed by atoms with Crippen molar-refractivity contribution in [1.29, 1.82) is 0 Å². The smallest absolute Gasteiger partial charge is 0.324 e. The average Bonchev–Trinajstić information content (AvgIpc) is 3.33. The lowest BCUT2D eigenvalue weighted by Gasteiger charge is -2.23. The Labute approximate surface area is 163 Å². The number of aliphatic hydroxyl groups is 1. The minimum absolute atomic E-state index is 0.00720. The van der Waals surface area contributed by atoms with Gasteiger partial charge in [-0.2, -0.15) is 0 Å². The molecule has 1 N–H and O–H groups in total. The highest BCUT2D eigenvalue weighted by Crippen LogP contribution is 2.28. The van der Waals surface area contributed by atoms with E-state index in [0.29, 0.717) is 26.2 Å². The first-order chi connectivity index (χ1) is 13.7. The maximum atomic E-state index is 12.8. The Bertz CT molecular complexity index is 827. The number of benzene rings is 2. The zero-order valence-corrected chi connectivity index (χ0v) is 15.5. The van der Waals surface area contributed by atoms with Crippen LogP contribution < -0.4 is 9.80 Å². The van der Waals surface area contributed by atoms with Crippen LogP contribution in [0.5, 0.6) is 0 Å². The molecule has 4 rings (SSSR count). The molecule has 2 saturated heterocycles. The lowest BCUT2D eigenvalue weighted by molar-refractivity contribution is -0.117. The van der Waals surface area contributed by atoms with Crippen LogP contribution in [0.4, 0.5) is 16.2 Å². The molecule has 2 aromatic carbocycles. The van der Waals surface area contributed by atoms with Crippen molar-refractivity contribution in [3.8, 4) is 0 Å². The first-order valence-electron chi connectivity index (χ1n) is 9.38. The molecular formula is C21H23N3O4. The first-order valence-corrected chi connectivity index (χ1v) is 9.38. The molecule has 0 bridgehead atoms. The topological polar surface area (TPSA) is 73.3 Å². The summed E-state index contributed by atoms with van der Waals surface area (Å²) in [5.74, 6) is 0. The van der Waals surface area contributed by atoms with Crippen molar-refractivity contribution in [2.75, 3.05) is 36.0 Å². The molecule has 0 aliphatic carbocycles. The molecule has 0 spiro atoms. The van der Waals surface area contributed by atoms with Gasteiger partial charge in [-0.25, -0.2) is 4.79 Å². The van der Waals surface area contributed by atoms with Gasteiger partial charge in [-0.1, -0.05) is 30.3 Å². The Balaban J connectivity index is 1.44. The van der Waals surface area contributed by atoms with Crippen molar-refractivity contribution in [3.05, 3.63) is 60.2 Å². The molecule has 2 unspecified atom stereocenters. The van der Waals surface area contributed by atoms with Crippen LogP contribution in [0.25, 0.3) is 0 Å². The first kappa shape index (κ1) is 18.5. The lowest BCUT2D eigenvalue weighted by Crippen LogP contribution is -2.32. The SMILES string of the molecule is O=CC1OC(CO)CN1c1ccc(N2CCN(Cc3ccccc3)C2=O)cc1. The number of rotatable bonds is 6. The van der Waals surface area contributed by atoms with Gasteiger partial charge in [0.2, 0.25) is 0 Å². The van der Waals surface area contributed by atoms with Gasteiger partial charge in [-0.15, -0.1) is 0 Å². The Morgan fingerprint density at radius 1 is 1.04 bits per heavy atom. The van der Waals surface area contributed by atoms with E-state index in [9.17, 15) is 14.7 Å². The molecule has 7 heteroatoms. The molecule has 2 amide bonds. The Morgan fingerprint density at radius 2 is 1.75 bits per heavy atom. The predicted molar refractivity (Wildman–Crippen MR) is 105 cm³/mol. The van der Waals surface area contributed by atoms with E-state index in [0.717, 1.165) is 23.2 Å². The number of carbonyl (C=O) groups is 2. The number of nitrogens with zero attached hydrogens (tertiary/aromatic N) is 3. The standard InChI is InChI=1S/C21H23N3O4/c25-14-19-13-24(20(15-26)28-19)18-8-6-17(7-9-18)23-11-10-22(21(23)27)12-16-4-2-1-3-5-16/h1-9,15,19-20,25H,10-14H2. The highest BCUT2D eigenvalue weighted by atomic mass is 16.5. The van der Waals surface area contributed by atoms with E-state index in [4.69, 9.17) is 4.74 Å². The van der Waals surface area contributed by atoms with Crippen molar-refractivity contribution in [1.82, 2.24) is 4.90 Å². The molecule has 2 fully saturated rings. The number of aliphatic hydroxyl groups excluding tert-OH is 1. The number of anilines is 2. The van der Waals surface area contributed by atoms with Crippen molar-refractivity contribution < 1.29 is 19.4 Å². The van der Waals surface area contributed by atoms with E-state index in [1.165, 1.54) is 0 Å². The zero-order valence-electron chi connectivity index (χ0n) is 15.5. The second kappa shape index (κ2) is 8.00. The minimum Gasteiger partial charge on any atom is -0.394 e. The molecule has 2 aliphatic rings. The average molecular weight is 381 g/mol. The van der Waals surface area contributed by atoms with Crippen LogP contribution in [0.2, 0.25) is 0 Å². The molecule has 28 heavy (non-hydrogen) atoms. The van der Waals surface area contributed by atoms with Gasteiger partial charge in [0.15, 0.2) is 12.5 Å². The van der Waals surface area contributed by atoms with Crippen molar-refractivity contribution in [2.24, 2.45) is 0 Å². The Hall–Kier alpha value is -2.90. The maximum absolute atomic E-state index is 12.8. The molecule has 0 radical (unpaired) electrons. The second-order valence-electron chi connectivity index (χ2n) is 6.98. The van der Waals surface area contributed by atoms with E-state index >= 15 is 0 Å². The summed E-state index contributed by atoms with van der Waals surface area (Å²) >= 11 is 0. The highest BCUT2D eigenvalue weighted by molar-refractivity contribution is 5.94. The van der Waals surface area contributed by atoms with Crippen LogP contribution in [0.3, 0.4) is 0 Å². The molecule has 2 atom stereocenters. The lowest BCUT2D eigenvalue weighted by atomic mass is 10.2. The molecule has 2 aromatic rings. The summed E-state index contributed by atoms with van der Waals surface area (Å²) in [6, 6.07) is 17.5. The summed E-state index contributed by atoms with van der Waals surface area (Å²) in [6.07, 6.45) is -0.339. The van der Waals surface area contributed by atoms with Crippen LogP contribution in [0.15, 0.2) is 54.6 Å². The number of carbonyl (C=O) groups excluding carboxylic acids is 2. The number of hydrogen-bond acceptors (Lipinski definition) is 5. The largest absolute Gasteiger partial charge is 0.394 e. The number of amides is 2. The summed E-state index contributed by atoms with van der Waals surface area (Å²) in [4.78, 5) is 29.4. The summed E-state index contributed by atoms with van der Waals surface area (Å²) in [7, 11) is 0. The molecule has 7 nitrogen and oxygen atoms in total. The number of ether oxygens (including phenoxy) is 1. The fourth-order valence-corrected chi connectivity index (χ4v) is 3.69. The van der Waals surface area contributed by atoms with Crippen LogP contribution in [-0.2, 0) is 16.1 Å². The molecule has 146 valence electrons. The molecule has 2 heterocycles. The Morgan fingerprint density at radius 3 is 2.43 bits per heavy atom. The van der Waals surface area contributed by atoms with E-state index in [-0.39, 0.29) is 18.7 Å². The third-order valence-electron chi connectivity index (χ3n) is 5.16. The third-order valence-corrected chi connectivity index (χ3v) is 5.16. The fraction of sp³-hybridized carbons (Fsp3) is 0.333. The van der Waals surface area contributed by atoms with Gasteiger partial charge < -0.3 is 19.6 Å². The van der Waals surface area contributed by atoms with Gasteiger partial charge in [0.1, 0.15) is 6.10 Å². The molecular weight excluding hydrogens is 358 g/mol. The fourth-order valence-electron chi connectivity index (χ4n) is 3.69. The van der Waals surface area contributed by atoms with Crippen molar-refractivity contribution in [3.63, 3.8) is 0 Å². The maximum Gasteiger partial charge on any atom is 0.324 e. The van der Waals surface area contributed by atoms with Gasteiger partial charge in [-0.3, -0.25) is 9.69 Å². The molecule has 0 saturated carbocycles. The normalized spacial score (nSPS) is 22.2. The van der Waals surface area contributed by atoms with Crippen LogP contribution in [0, 0.1) is 0 Å². The number of aldehydes is 1. The molecule has 0 aromatic heterocycles. The summed E-state index contributed by atoms with van der Waals surface area (Å²) in [5.41, 5.74) is 2.76. The minimum atomic E-state index is -0.696. The number of hydrogen-bond donors (Lipinski definition) is 1. The quantitative estimate of drug-likeness (QED) is 0.773. The van der Waals surface area contributed by atoms with Gasteiger partial charge in [-0.05, 0) is 29.8 Å². The van der Waals surface area contributed by atoms with Gasteiger partial charge in [0.25, 0.3) is 0 Å². The Kier molecular flexibility index (Phi) is 5.27. The van der Waals surface area contributed by atoms with Crippen LogP contribution in [-0.4, -0.2) is 60.9 Å². The monoisotopic (exact) mass is 381 g/mol. The molecule has 2 aliphatic heterocycles. The summed E-state index contributed by atoms with van der Waals surface area (Å²) in [5, 5.41) is 9.27. The van der Waals surface area contributed by atoms with E-state index in [1.54, 1.807) is 4.90 Å². The summed E-state index contributed by atoms with van der Waals surface area (Å²) < 4.78 is 5.48. The van der Waals surface area contributed by atoms with Crippen molar-refractivity contribution in [2.45, 2.75) is 18.9 Å². The van der Waals surface area contributed by atoms with E-state index in [1.807, 2.05) is 64.4 Å². The highest BCUT2D eigenvalue weighted by Gasteiger charge is 2.33. The second-order valence-corrected chi connectivity index (χ2v) is 6.98. The van der Waals surface area contributed by atoms with Crippen LogP contribution >= 0.6 is 0 Å².